The number of hydrazone groups is 1. The Morgan fingerprint density at radius 1 is 1.29 bits per heavy atom. The molecule has 0 fully saturated rings. The molecule has 3 aromatic rings. The topological polar surface area (TPSA) is 110 Å². The predicted octanol–water partition coefficient (Wildman–Crippen LogP) is 2.31. The summed E-state index contributed by atoms with van der Waals surface area (Å²) in [6.45, 7) is 3.49. The van der Waals surface area contributed by atoms with Crippen LogP contribution in [-0.2, 0) is 42.7 Å². The third kappa shape index (κ3) is 4.29. The summed E-state index contributed by atoms with van der Waals surface area (Å²) in [4.78, 5) is 10.1. The Hall–Kier alpha value is -2.17. The number of nitrogens with zero attached hydrogens (tertiary/aromatic N) is 5. The van der Waals surface area contributed by atoms with E-state index in [4.69, 9.17) is 0 Å². The van der Waals surface area contributed by atoms with Crippen LogP contribution in [0.5, 0.6) is 0 Å². The molecule has 9 nitrogen and oxygen atoms in total. The number of nitro groups is 1. The van der Waals surface area contributed by atoms with Crippen LogP contribution in [0.3, 0.4) is 0 Å². The van der Waals surface area contributed by atoms with E-state index in [2.05, 4.69) is 16.4 Å². The standard InChI is InChI=1S/C17H16N5O4S.Y/c1-12-6-7-21-16(8-12)14(11-19-21)10-18-20(3)27(25,26)17-9-15(22(23)24)5-4-13(17)2;/h4-10H,1-3H3;/q-1;/b18-10+;. The van der Waals surface area contributed by atoms with Crippen molar-refractivity contribution in [3.05, 3.63) is 69.5 Å². The molecular weight excluding hydrogens is 459 g/mol. The van der Waals surface area contributed by atoms with E-state index in [-0.39, 0.29) is 43.3 Å². The van der Waals surface area contributed by atoms with E-state index in [0.29, 0.717) is 11.1 Å². The van der Waals surface area contributed by atoms with Crippen molar-refractivity contribution in [2.24, 2.45) is 5.10 Å². The summed E-state index contributed by atoms with van der Waals surface area (Å²) in [7, 11) is -2.79. The summed E-state index contributed by atoms with van der Waals surface area (Å²) in [6.07, 6.45) is 5.88. The fourth-order valence-electron chi connectivity index (χ4n) is 2.47. The summed E-state index contributed by atoms with van der Waals surface area (Å²) in [5.41, 5.74) is 2.36. The monoisotopic (exact) mass is 475 g/mol. The van der Waals surface area contributed by atoms with Gasteiger partial charge < -0.3 is 4.52 Å². The van der Waals surface area contributed by atoms with Crippen molar-refractivity contribution >= 4 is 27.4 Å². The zero-order valence-electron chi connectivity index (χ0n) is 15.4. The van der Waals surface area contributed by atoms with Gasteiger partial charge in [-0.25, -0.2) is 9.52 Å². The van der Waals surface area contributed by atoms with Gasteiger partial charge in [-0.15, -0.1) is 5.56 Å². The molecule has 0 saturated heterocycles. The summed E-state index contributed by atoms with van der Waals surface area (Å²) in [5, 5.41) is 19.0. The van der Waals surface area contributed by atoms with Gasteiger partial charge >= 0.3 is 0 Å². The normalized spacial score (nSPS) is 11.5. The van der Waals surface area contributed by atoms with Gasteiger partial charge in [0.15, 0.2) is 0 Å². The largest absolute Gasteiger partial charge is 0.306 e. The molecule has 0 aliphatic heterocycles. The molecule has 0 atom stereocenters. The molecule has 0 N–H and O–H groups in total. The van der Waals surface area contributed by atoms with Crippen LogP contribution >= 0.6 is 0 Å². The number of hydrogen-bond donors (Lipinski definition) is 0. The van der Waals surface area contributed by atoms with Gasteiger partial charge in [0.2, 0.25) is 0 Å². The first-order valence-electron chi connectivity index (χ1n) is 7.85. The Morgan fingerprint density at radius 2 is 2.00 bits per heavy atom. The average Bonchev–Trinajstić information content (AvgIpc) is 3.01. The Bertz CT molecular complexity index is 1170. The smallest absolute Gasteiger partial charge is 0.278 e. The van der Waals surface area contributed by atoms with Crippen LogP contribution in [0, 0.1) is 30.2 Å². The Morgan fingerprint density at radius 3 is 2.68 bits per heavy atom. The van der Waals surface area contributed by atoms with E-state index in [9.17, 15) is 18.5 Å². The van der Waals surface area contributed by atoms with Crippen molar-refractivity contribution in [1.29, 1.82) is 0 Å². The number of nitro benzene ring substituents is 1. The predicted molar refractivity (Wildman–Crippen MR) is 99.1 cm³/mol. The third-order valence-electron chi connectivity index (χ3n) is 4.00. The van der Waals surface area contributed by atoms with Crippen LogP contribution in [-0.4, -0.2) is 40.6 Å². The van der Waals surface area contributed by atoms with Gasteiger partial charge in [-0.2, -0.15) is 8.42 Å². The molecule has 143 valence electrons. The number of benzene rings is 1. The van der Waals surface area contributed by atoms with Crippen LogP contribution in [0.25, 0.3) is 5.52 Å². The first kappa shape index (κ1) is 22.1. The zero-order valence-corrected chi connectivity index (χ0v) is 19.1. The van der Waals surface area contributed by atoms with E-state index < -0.39 is 14.9 Å². The number of non-ortho nitro benzene ring substituents is 1. The van der Waals surface area contributed by atoms with Crippen molar-refractivity contribution in [2.45, 2.75) is 18.7 Å². The third-order valence-corrected chi connectivity index (χ3v) is 5.79. The molecule has 0 aliphatic rings. The summed E-state index contributed by atoms with van der Waals surface area (Å²) in [6, 6.07) is 7.44. The molecule has 3 rings (SSSR count). The van der Waals surface area contributed by atoms with Gasteiger partial charge in [-0.1, -0.05) is 23.9 Å². The number of hydrogen-bond acceptors (Lipinski definition) is 6. The van der Waals surface area contributed by atoms with Crippen LogP contribution < -0.4 is 0 Å². The fraction of sp³-hybridized carbons (Fsp3) is 0.176. The number of sulfonamides is 1. The minimum absolute atomic E-state index is 0. The van der Waals surface area contributed by atoms with E-state index in [1.807, 2.05) is 19.1 Å². The van der Waals surface area contributed by atoms with Crippen molar-refractivity contribution in [3.8, 4) is 0 Å². The van der Waals surface area contributed by atoms with Gasteiger partial charge in [0.1, 0.15) is 0 Å². The number of fused-ring (bicyclic) bond motifs is 1. The maximum absolute atomic E-state index is 12.8. The van der Waals surface area contributed by atoms with Crippen LogP contribution in [0.15, 0.2) is 46.5 Å². The Balaban J connectivity index is 0.00000280. The van der Waals surface area contributed by atoms with Gasteiger partial charge in [0.25, 0.3) is 15.7 Å². The van der Waals surface area contributed by atoms with E-state index in [0.717, 1.165) is 21.6 Å². The molecular formula is C17H16N5O4SY-. The second kappa shape index (κ2) is 8.46. The average molecular weight is 475 g/mol. The molecule has 11 heteroatoms. The van der Waals surface area contributed by atoms with Crippen molar-refractivity contribution < 1.29 is 46.1 Å². The van der Waals surface area contributed by atoms with E-state index >= 15 is 0 Å². The van der Waals surface area contributed by atoms with Crippen LogP contribution in [0.2, 0.25) is 0 Å². The zero-order chi connectivity index (χ0) is 19.8. The maximum atomic E-state index is 12.8. The first-order valence-corrected chi connectivity index (χ1v) is 9.29. The molecule has 2 aromatic heterocycles. The second-order valence-electron chi connectivity index (χ2n) is 5.95. The van der Waals surface area contributed by atoms with Gasteiger partial charge in [0.05, 0.1) is 9.82 Å². The molecule has 0 unspecified atom stereocenters. The van der Waals surface area contributed by atoms with E-state index in [1.165, 1.54) is 25.4 Å². The molecule has 1 radical (unpaired) electrons. The van der Waals surface area contributed by atoms with Crippen LogP contribution in [0.4, 0.5) is 5.69 Å². The summed E-state index contributed by atoms with van der Waals surface area (Å²) in [5.74, 6) is 0. The summed E-state index contributed by atoms with van der Waals surface area (Å²) >= 11 is 0. The van der Waals surface area contributed by atoms with Crippen molar-refractivity contribution in [2.75, 3.05) is 7.05 Å². The number of aromatic nitrogens is 2. The molecule has 28 heavy (non-hydrogen) atoms. The molecule has 0 amide bonds. The molecule has 2 heterocycles. The summed E-state index contributed by atoms with van der Waals surface area (Å²) < 4.78 is 27.9. The molecule has 1 aromatic carbocycles. The maximum Gasteiger partial charge on any atom is 0.278 e. The minimum Gasteiger partial charge on any atom is -0.306 e. The minimum atomic E-state index is -4.05. The molecule has 0 aliphatic carbocycles. The van der Waals surface area contributed by atoms with Gasteiger partial charge in [0, 0.05) is 58.1 Å². The Kier molecular flexibility index (Phi) is 6.69. The van der Waals surface area contributed by atoms with Crippen molar-refractivity contribution in [3.63, 3.8) is 0 Å². The second-order valence-corrected chi connectivity index (χ2v) is 7.87. The quantitative estimate of drug-likeness (QED) is 0.244. The number of aryl methyl sites for hydroxylation is 2. The van der Waals surface area contributed by atoms with Gasteiger partial charge in [-0.3, -0.25) is 15.2 Å². The number of pyridine rings is 1. The van der Waals surface area contributed by atoms with Gasteiger partial charge in [-0.05, 0) is 37.2 Å². The molecule has 0 saturated carbocycles. The molecule has 0 spiro atoms. The van der Waals surface area contributed by atoms with Crippen LogP contribution in [0.1, 0.15) is 16.7 Å². The molecule has 0 bridgehead atoms. The number of rotatable bonds is 5. The van der Waals surface area contributed by atoms with Crippen molar-refractivity contribution in [1.82, 2.24) is 14.0 Å². The first-order chi connectivity index (χ1) is 12.7. The fourth-order valence-corrected chi connectivity index (χ4v) is 3.67. The van der Waals surface area contributed by atoms with E-state index in [1.54, 1.807) is 17.6 Å². The Labute approximate surface area is 187 Å². The SMILES string of the molecule is Cc1ccn2n[c-]c(/C=N/N(C)S(=O)(=O)c3cc([N+](=O)[O-])ccc3C)c2c1.[Y].